The Morgan fingerprint density at radius 2 is 1.74 bits per heavy atom. The zero-order valence-electron chi connectivity index (χ0n) is 27.2. The second-order valence-corrected chi connectivity index (χ2v) is 15.7. The molecule has 4 fully saturated rings. The van der Waals surface area contributed by atoms with Gasteiger partial charge in [-0.25, -0.2) is 4.79 Å². The molecular formula is C35H45IN2O9. The molecule has 2 saturated heterocycles. The van der Waals surface area contributed by atoms with Crippen molar-refractivity contribution in [3.05, 3.63) is 45.0 Å². The number of carbonyl (C=O) groups is 4. The molecule has 256 valence electrons. The number of amides is 2. The van der Waals surface area contributed by atoms with E-state index >= 15 is 0 Å². The van der Waals surface area contributed by atoms with Crippen LogP contribution in [0.15, 0.2) is 35.9 Å². The largest absolute Gasteiger partial charge is 0.460 e. The lowest BCUT2D eigenvalue weighted by molar-refractivity contribution is -0.209. The van der Waals surface area contributed by atoms with Gasteiger partial charge < -0.3 is 34.3 Å². The van der Waals surface area contributed by atoms with Gasteiger partial charge in [0.05, 0.1) is 18.2 Å². The summed E-state index contributed by atoms with van der Waals surface area (Å²) in [7, 11) is 0. The summed E-state index contributed by atoms with van der Waals surface area (Å²) >= 11 is 2.18. The van der Waals surface area contributed by atoms with Crippen LogP contribution in [0.4, 0.5) is 0 Å². The second kappa shape index (κ2) is 13.8. The molecule has 1 aromatic carbocycles. The number of benzene rings is 1. The van der Waals surface area contributed by atoms with E-state index in [4.69, 9.17) is 18.9 Å². The van der Waals surface area contributed by atoms with Crippen molar-refractivity contribution in [2.75, 3.05) is 13.2 Å². The Morgan fingerprint density at radius 3 is 2.36 bits per heavy atom. The van der Waals surface area contributed by atoms with E-state index in [-0.39, 0.29) is 37.7 Å². The summed E-state index contributed by atoms with van der Waals surface area (Å²) in [5, 5.41) is 12.8. The molecule has 2 N–H and O–H groups in total. The van der Waals surface area contributed by atoms with Gasteiger partial charge in [0.1, 0.15) is 30.0 Å². The Kier molecular flexibility index (Phi) is 10.0. The first-order valence-corrected chi connectivity index (χ1v) is 17.9. The van der Waals surface area contributed by atoms with Gasteiger partial charge in [-0.3, -0.25) is 14.4 Å². The summed E-state index contributed by atoms with van der Waals surface area (Å²) in [5.41, 5.74) is 0.222. The Balaban J connectivity index is 1.16. The van der Waals surface area contributed by atoms with Gasteiger partial charge in [-0.05, 0) is 119 Å². The van der Waals surface area contributed by atoms with Gasteiger partial charge in [-0.15, -0.1) is 0 Å². The van der Waals surface area contributed by atoms with Crippen LogP contribution in [-0.4, -0.2) is 88.7 Å². The van der Waals surface area contributed by atoms with Gasteiger partial charge in [0, 0.05) is 40.4 Å². The highest BCUT2D eigenvalue weighted by Gasteiger charge is 2.64. The molecule has 2 amide bonds. The molecule has 0 aromatic heterocycles. The van der Waals surface area contributed by atoms with Crippen LogP contribution in [0.1, 0.15) is 88.9 Å². The van der Waals surface area contributed by atoms with Crippen LogP contribution in [-0.2, 0) is 33.3 Å². The highest BCUT2D eigenvalue weighted by Crippen LogP contribution is 2.59. The first-order chi connectivity index (χ1) is 22.4. The van der Waals surface area contributed by atoms with Gasteiger partial charge in [-0.1, -0.05) is 0 Å². The predicted octanol–water partition coefficient (Wildman–Crippen LogP) is 4.04. The van der Waals surface area contributed by atoms with E-state index in [1.54, 1.807) is 37.8 Å². The van der Waals surface area contributed by atoms with Crippen molar-refractivity contribution < 1.29 is 43.2 Å². The quantitative estimate of drug-likeness (QED) is 0.253. The fraction of sp³-hybridized carbons (Fsp3) is 0.657. The first kappa shape index (κ1) is 34.3. The average Bonchev–Trinajstić information content (AvgIpc) is 3.97. The number of halogens is 1. The van der Waals surface area contributed by atoms with Gasteiger partial charge >= 0.3 is 11.9 Å². The molecule has 6 rings (SSSR count). The van der Waals surface area contributed by atoms with Crippen molar-refractivity contribution in [1.82, 2.24) is 10.2 Å². The third-order valence-corrected chi connectivity index (χ3v) is 10.2. The van der Waals surface area contributed by atoms with Crippen molar-refractivity contribution in [3.8, 4) is 0 Å². The van der Waals surface area contributed by atoms with Crippen molar-refractivity contribution in [2.24, 2.45) is 11.8 Å². The Morgan fingerprint density at radius 1 is 1.06 bits per heavy atom. The lowest BCUT2D eigenvalue weighted by atomic mass is 9.91. The van der Waals surface area contributed by atoms with Crippen LogP contribution in [0.3, 0.4) is 0 Å². The summed E-state index contributed by atoms with van der Waals surface area (Å²) in [4.78, 5) is 54.6. The number of aliphatic hydroxyl groups excluding tert-OH is 1. The molecule has 0 unspecified atom stereocenters. The summed E-state index contributed by atoms with van der Waals surface area (Å²) < 4.78 is 25.8. The Bertz CT molecular complexity index is 1390. The van der Waals surface area contributed by atoms with Crippen LogP contribution >= 0.6 is 22.6 Å². The second-order valence-electron chi connectivity index (χ2n) is 14.5. The molecule has 2 saturated carbocycles. The van der Waals surface area contributed by atoms with E-state index in [9.17, 15) is 24.3 Å². The van der Waals surface area contributed by atoms with Gasteiger partial charge in [-0.2, -0.15) is 0 Å². The van der Waals surface area contributed by atoms with Crippen molar-refractivity contribution >= 4 is 46.3 Å². The third kappa shape index (κ3) is 7.86. The number of aliphatic hydroxyl groups is 1. The highest BCUT2D eigenvalue weighted by atomic mass is 127. The monoisotopic (exact) mass is 764 g/mol. The van der Waals surface area contributed by atoms with Gasteiger partial charge in [0.2, 0.25) is 11.8 Å². The molecule has 12 heteroatoms. The number of ether oxygens (including phenoxy) is 4. The lowest BCUT2D eigenvalue weighted by Crippen LogP contribution is -2.51. The zero-order valence-corrected chi connectivity index (χ0v) is 29.4. The summed E-state index contributed by atoms with van der Waals surface area (Å²) in [6.45, 7) is 5.38. The predicted molar refractivity (Wildman–Crippen MR) is 178 cm³/mol. The Labute approximate surface area is 289 Å². The molecule has 0 spiro atoms. The number of fused-ring (bicyclic) bond motifs is 1. The van der Waals surface area contributed by atoms with E-state index in [2.05, 4.69) is 27.9 Å². The van der Waals surface area contributed by atoms with Gasteiger partial charge in [0.15, 0.2) is 5.79 Å². The number of nitrogens with one attached hydrogen (secondary N) is 1. The van der Waals surface area contributed by atoms with Crippen LogP contribution in [0.25, 0.3) is 0 Å². The smallest absolute Gasteiger partial charge is 0.338 e. The molecule has 0 bridgehead atoms. The molecule has 2 aliphatic heterocycles. The number of esters is 2. The maximum Gasteiger partial charge on any atom is 0.338 e. The molecule has 11 nitrogen and oxygen atoms in total. The minimum absolute atomic E-state index is 0.0408. The molecule has 1 aromatic rings. The maximum absolute atomic E-state index is 14.1. The van der Waals surface area contributed by atoms with E-state index in [1.807, 2.05) is 18.2 Å². The summed E-state index contributed by atoms with van der Waals surface area (Å²) in [6, 6.07) is 5.73. The fourth-order valence-corrected chi connectivity index (χ4v) is 7.37. The first-order valence-electron chi connectivity index (χ1n) is 16.8. The third-order valence-electron chi connectivity index (χ3n) is 9.52. The van der Waals surface area contributed by atoms with E-state index in [0.29, 0.717) is 42.4 Å². The van der Waals surface area contributed by atoms with E-state index < -0.39 is 53.7 Å². The number of hydrogen-bond acceptors (Lipinski definition) is 9. The van der Waals surface area contributed by atoms with Gasteiger partial charge in [0.25, 0.3) is 0 Å². The lowest BCUT2D eigenvalue weighted by Gasteiger charge is -2.33. The van der Waals surface area contributed by atoms with Crippen LogP contribution < -0.4 is 5.32 Å². The Hall–Kier alpha value is -2.55. The molecule has 2 heterocycles. The van der Waals surface area contributed by atoms with E-state index in [1.165, 1.54) is 0 Å². The van der Waals surface area contributed by atoms with Crippen LogP contribution in [0.5, 0.6) is 0 Å². The van der Waals surface area contributed by atoms with Crippen LogP contribution in [0.2, 0.25) is 0 Å². The fourth-order valence-electron chi connectivity index (χ4n) is 7.01. The summed E-state index contributed by atoms with van der Waals surface area (Å²) in [6.07, 6.45) is 5.59. The number of rotatable bonds is 11. The van der Waals surface area contributed by atoms with Crippen molar-refractivity contribution in [3.63, 3.8) is 0 Å². The minimum Gasteiger partial charge on any atom is -0.460 e. The summed E-state index contributed by atoms with van der Waals surface area (Å²) in [5.74, 6) is -1.70. The number of carbonyl (C=O) groups excluding carboxylic acids is 4. The molecule has 0 radical (unpaired) electrons. The number of likely N-dealkylation sites (tertiary alicyclic amines) is 1. The molecule has 3 aliphatic carbocycles. The standard InChI is InChI=1S/C35H45IN2O9/c1-34(2,3)46-29(40)15-14-25(19-39)37-31(41)26-5-4-16-38(26)32(42)21-17-27(44-33(43)20-6-12-24(36)13-7-20)30-28(18-21)45-35(47-30,22-8-9-22)23-10-11-23/h6-7,12-13,18,22-23,25-28,30,39H,4-5,8-11,14-17,19H2,1-3H3,(H,37,41)/t25-,26+,27+,28+,30-/m0/s1. The van der Waals surface area contributed by atoms with Crippen molar-refractivity contribution in [1.29, 1.82) is 0 Å². The maximum atomic E-state index is 14.1. The molecule has 5 aliphatic rings. The molecule has 5 atom stereocenters. The zero-order chi connectivity index (χ0) is 33.5. The normalized spacial score (nSPS) is 27.4. The highest BCUT2D eigenvalue weighted by molar-refractivity contribution is 14.1. The number of nitrogens with zero attached hydrogens (tertiary/aromatic N) is 1. The molecular weight excluding hydrogens is 719 g/mol. The van der Waals surface area contributed by atoms with Crippen LogP contribution in [0, 0.1) is 15.4 Å². The average molecular weight is 765 g/mol. The van der Waals surface area contributed by atoms with E-state index in [0.717, 1.165) is 29.3 Å². The topological polar surface area (TPSA) is 141 Å². The number of hydrogen-bond donors (Lipinski definition) is 2. The van der Waals surface area contributed by atoms with Crippen molar-refractivity contribution in [2.45, 2.75) is 120 Å². The minimum atomic E-state index is -0.739. The SMILES string of the molecule is CC(C)(C)OC(=O)CC[C@@H](CO)NC(=O)[C@H]1CCCN1C(=O)C1=C[C@H]2OC(C3CC3)(C3CC3)O[C@H]2[C@H](OC(=O)c2ccc(I)cc2)C1. The molecule has 47 heavy (non-hydrogen) atoms.